The maximum absolute atomic E-state index is 14.8. The summed E-state index contributed by atoms with van der Waals surface area (Å²) in [5.41, 5.74) is 5.65. The lowest BCUT2D eigenvalue weighted by molar-refractivity contribution is -0.204. The van der Waals surface area contributed by atoms with E-state index in [1.165, 1.54) is 86.8 Å². The molecule has 0 spiro atoms. The fraction of sp³-hybridized carbons (Fsp3) is 0.560. The van der Waals surface area contributed by atoms with Gasteiger partial charge in [-0.05, 0) is 94.0 Å². The van der Waals surface area contributed by atoms with Gasteiger partial charge >= 0.3 is 7.82 Å². The molecule has 2 fully saturated rings. The number of fused-ring (bicyclic) bond motifs is 2. The molecule has 4 heterocycles. The van der Waals surface area contributed by atoms with Gasteiger partial charge in [-0.2, -0.15) is 15.6 Å². The minimum absolute atomic E-state index is 0.0186. The van der Waals surface area contributed by atoms with E-state index in [9.17, 15) is 19.5 Å². The first-order chi connectivity index (χ1) is 32.9. The van der Waals surface area contributed by atoms with Crippen LogP contribution in [0.25, 0.3) is 5.52 Å². The quantitative estimate of drug-likeness (QED) is 0.0294. The Labute approximate surface area is 404 Å². The van der Waals surface area contributed by atoms with Gasteiger partial charge in [-0.1, -0.05) is 101 Å². The molecule has 2 aromatic carbocycles. The molecule has 0 bridgehead atoms. The van der Waals surface area contributed by atoms with Crippen molar-refractivity contribution in [3.05, 3.63) is 101 Å². The van der Waals surface area contributed by atoms with Gasteiger partial charge in [0.1, 0.15) is 53.9 Å². The number of anilines is 1. The molecule has 18 heteroatoms. The van der Waals surface area contributed by atoms with E-state index >= 15 is 0 Å². The van der Waals surface area contributed by atoms with Crippen molar-refractivity contribution in [1.29, 1.82) is 10.5 Å². The van der Waals surface area contributed by atoms with Gasteiger partial charge in [-0.25, -0.2) is 18.5 Å². The maximum atomic E-state index is 14.8. The fourth-order valence-electron chi connectivity index (χ4n) is 8.36. The first-order valence-electron chi connectivity index (χ1n) is 23.8. The molecular formula is C50H65ClFN6O9P. The highest BCUT2D eigenvalue weighted by Crippen LogP contribution is 2.54. The zero-order chi connectivity index (χ0) is 48.4. The Morgan fingerprint density at radius 1 is 0.926 bits per heavy atom. The van der Waals surface area contributed by atoms with E-state index in [0.29, 0.717) is 23.4 Å². The number of nitriles is 2. The molecule has 368 valence electrons. The number of rotatable bonds is 30. The van der Waals surface area contributed by atoms with E-state index in [2.05, 4.69) is 35.2 Å². The highest BCUT2D eigenvalue weighted by atomic mass is 35.5. The monoisotopic (exact) mass is 978 g/mol. The van der Waals surface area contributed by atoms with Crippen LogP contribution >= 0.6 is 19.4 Å². The molecule has 0 amide bonds. The van der Waals surface area contributed by atoms with Gasteiger partial charge in [0.2, 0.25) is 5.60 Å². The number of para-hydroxylation sites is 1. The molecule has 2 N–H and O–H groups in total. The molecule has 0 radical (unpaired) electrons. The van der Waals surface area contributed by atoms with Crippen molar-refractivity contribution >= 4 is 30.8 Å². The SMILES string of the molecule is CCCCCCCC/C=C\CCCCCCCCOC[C@H](COP(=O)(OC[C@H]1O[C@@](C#N)(c2ccc3c(N)ncnn23)[C@@H]2OC(C)(C)O[C@@H]21)Oc1ccccc1Cl)OCc1cc(F)cc(C#N)c1. The number of hydrogen-bond donors (Lipinski definition) is 1. The van der Waals surface area contributed by atoms with Crippen molar-refractivity contribution < 1.29 is 46.2 Å². The molecule has 0 saturated carbocycles. The number of allylic oxidation sites excluding steroid dienone is 2. The maximum Gasteiger partial charge on any atom is 0.530 e. The highest BCUT2D eigenvalue weighted by molar-refractivity contribution is 7.48. The van der Waals surface area contributed by atoms with Crippen molar-refractivity contribution in [1.82, 2.24) is 14.6 Å². The summed E-state index contributed by atoms with van der Waals surface area (Å²) >= 11 is 6.46. The number of unbranched alkanes of at least 4 members (excludes halogenated alkanes) is 12. The van der Waals surface area contributed by atoms with E-state index in [0.717, 1.165) is 38.2 Å². The molecule has 2 saturated heterocycles. The van der Waals surface area contributed by atoms with E-state index in [4.69, 9.17) is 54.6 Å². The Morgan fingerprint density at radius 3 is 2.37 bits per heavy atom. The fourth-order valence-corrected chi connectivity index (χ4v) is 9.84. The number of phosphoric acid groups is 1. The lowest BCUT2D eigenvalue weighted by Gasteiger charge is -2.29. The number of hydrogen-bond acceptors (Lipinski definition) is 14. The number of nitrogens with two attached hydrogens (primary N) is 1. The summed E-state index contributed by atoms with van der Waals surface area (Å²) in [5, 5.41) is 24.7. The predicted molar refractivity (Wildman–Crippen MR) is 255 cm³/mol. The van der Waals surface area contributed by atoms with Gasteiger partial charge in [0.25, 0.3) is 0 Å². The summed E-state index contributed by atoms with van der Waals surface area (Å²) in [6, 6.07) is 17.9. The Kier molecular flexibility index (Phi) is 20.2. The number of aromatic nitrogens is 3. The third kappa shape index (κ3) is 14.8. The topological polar surface area (TPSA) is 195 Å². The molecule has 1 unspecified atom stereocenters. The number of nitrogen functional groups attached to an aromatic ring is 1. The van der Waals surface area contributed by atoms with Crippen molar-refractivity contribution in [3.8, 4) is 17.9 Å². The summed E-state index contributed by atoms with van der Waals surface area (Å²) in [6.07, 6.45) is 18.8. The van der Waals surface area contributed by atoms with Crippen LogP contribution in [-0.2, 0) is 49.5 Å². The largest absolute Gasteiger partial charge is 0.530 e. The van der Waals surface area contributed by atoms with Crippen molar-refractivity contribution in [2.45, 2.75) is 153 Å². The van der Waals surface area contributed by atoms with Crippen molar-refractivity contribution in [2.75, 3.05) is 32.2 Å². The number of benzene rings is 2. The molecule has 0 aliphatic carbocycles. The molecule has 2 aliphatic rings. The van der Waals surface area contributed by atoms with Crippen LogP contribution in [0.1, 0.15) is 127 Å². The smallest absolute Gasteiger partial charge is 0.402 e. The molecule has 68 heavy (non-hydrogen) atoms. The number of nitrogens with zero attached hydrogens (tertiary/aromatic N) is 5. The number of phosphoric ester groups is 1. The zero-order valence-electron chi connectivity index (χ0n) is 39.4. The third-order valence-electron chi connectivity index (χ3n) is 11.8. The minimum Gasteiger partial charge on any atom is -0.402 e. The van der Waals surface area contributed by atoms with Crippen LogP contribution in [-0.4, -0.2) is 71.2 Å². The van der Waals surface area contributed by atoms with Crippen molar-refractivity contribution in [3.63, 3.8) is 0 Å². The van der Waals surface area contributed by atoms with Crippen LogP contribution < -0.4 is 10.3 Å². The van der Waals surface area contributed by atoms with Crippen LogP contribution in [0, 0.1) is 28.5 Å². The second-order valence-corrected chi connectivity index (χ2v) is 19.7. The van der Waals surface area contributed by atoms with Gasteiger partial charge in [0.15, 0.2) is 11.6 Å². The molecule has 4 aromatic rings. The Hall–Kier alpha value is -4.45. The second-order valence-electron chi connectivity index (χ2n) is 17.7. The summed E-state index contributed by atoms with van der Waals surface area (Å²) in [6.45, 7) is 5.21. The second kappa shape index (κ2) is 26.0. The Balaban J connectivity index is 1.08. The van der Waals surface area contributed by atoms with Crippen LogP contribution in [0.15, 0.2) is 73.1 Å². The molecule has 6 rings (SSSR count). The van der Waals surface area contributed by atoms with Gasteiger partial charge in [-0.3, -0.25) is 9.05 Å². The molecule has 2 aromatic heterocycles. The number of ether oxygens (including phenoxy) is 5. The van der Waals surface area contributed by atoms with Crippen LogP contribution in [0.5, 0.6) is 5.75 Å². The van der Waals surface area contributed by atoms with Gasteiger partial charge < -0.3 is 33.9 Å². The minimum atomic E-state index is -4.62. The summed E-state index contributed by atoms with van der Waals surface area (Å²) in [4.78, 5) is 4.05. The first-order valence-corrected chi connectivity index (χ1v) is 25.6. The number of halogens is 2. The Bertz CT molecular complexity index is 2390. The lowest BCUT2D eigenvalue weighted by atomic mass is 9.92. The average Bonchev–Trinajstić information content (AvgIpc) is 3.99. The van der Waals surface area contributed by atoms with E-state index < -0.39 is 56.1 Å². The van der Waals surface area contributed by atoms with E-state index in [-0.39, 0.29) is 42.0 Å². The molecular weight excluding hydrogens is 914 g/mol. The van der Waals surface area contributed by atoms with Crippen molar-refractivity contribution in [2.24, 2.45) is 0 Å². The van der Waals surface area contributed by atoms with Gasteiger partial charge in [0.05, 0.1) is 48.8 Å². The molecule has 2 aliphatic heterocycles. The van der Waals surface area contributed by atoms with Crippen LogP contribution in [0.4, 0.5) is 10.2 Å². The predicted octanol–water partition coefficient (Wildman–Crippen LogP) is 11.5. The van der Waals surface area contributed by atoms with Crippen LogP contribution in [0.2, 0.25) is 5.02 Å². The Morgan fingerprint density at radius 2 is 1.65 bits per heavy atom. The van der Waals surface area contributed by atoms with Gasteiger partial charge in [-0.15, -0.1) is 0 Å². The van der Waals surface area contributed by atoms with Gasteiger partial charge in [0, 0.05) is 6.61 Å². The molecule has 15 nitrogen and oxygen atoms in total. The summed E-state index contributed by atoms with van der Waals surface area (Å²) < 4.78 is 79.9. The molecule has 6 atom stereocenters. The highest BCUT2D eigenvalue weighted by Gasteiger charge is 2.65. The summed E-state index contributed by atoms with van der Waals surface area (Å²) in [7, 11) is -4.62. The summed E-state index contributed by atoms with van der Waals surface area (Å²) in [5.74, 6) is -1.51. The average molecular weight is 980 g/mol. The normalized spacial score (nSPS) is 21.1. The standard InChI is InChI=1S/C50H65ClFN6O9P/c1-4-5-6-7-8-9-10-11-12-13-14-15-16-17-18-21-26-60-32-40(61-31-38-27-37(30-53)28-39(52)29-38)33-62-68(59,67-43-23-20-19-22-41(43)51)63-34-44-46-47(66-49(2,3)65-46)50(35-54,64-44)45-25-24-42-48(55)56-36-57-58(42)45/h11-12,19-20,22-25,27-29,36,40,44,46-47H,4-10,13-18,21,26,31-34H2,1-3H3,(H2,55,56,57)/b12-11-/t40-,44-,46-,47-,50+,68?/m1/s1. The van der Waals surface area contributed by atoms with E-state index in [1.54, 1.807) is 44.2 Å². The lowest BCUT2D eigenvalue weighted by Crippen LogP contribution is -2.40. The third-order valence-corrected chi connectivity index (χ3v) is 13.5. The first kappa shape index (κ1) is 52.9. The van der Waals surface area contributed by atoms with E-state index in [1.807, 2.05) is 6.07 Å². The van der Waals surface area contributed by atoms with Crippen LogP contribution in [0.3, 0.4) is 0 Å². The zero-order valence-corrected chi connectivity index (χ0v) is 41.0.